The molecule has 2 N–H and O–H groups in total. The number of aromatic nitrogens is 3. The molecule has 9 heteroatoms. The van der Waals surface area contributed by atoms with E-state index in [4.69, 9.17) is 9.72 Å². The van der Waals surface area contributed by atoms with Crippen LogP contribution in [0, 0.1) is 18.3 Å². The average Bonchev–Trinajstić information content (AvgIpc) is 3.40. The number of anilines is 1. The highest BCUT2D eigenvalue weighted by molar-refractivity contribution is 5.94. The molecule has 3 heterocycles. The van der Waals surface area contributed by atoms with Crippen LogP contribution in [0.4, 0.5) is 5.69 Å². The molecule has 1 atom stereocenters. The molecule has 0 radical (unpaired) electrons. The normalized spacial score (nSPS) is 14.8. The number of aromatic carboxylic acids is 1. The first kappa shape index (κ1) is 25.4. The second-order valence-corrected chi connectivity index (χ2v) is 9.58. The third kappa shape index (κ3) is 5.37. The van der Waals surface area contributed by atoms with Gasteiger partial charge in [-0.25, -0.2) is 9.78 Å². The Balaban J connectivity index is 1.48. The predicted octanol–water partition coefficient (Wildman–Crippen LogP) is 4.48. The topological polar surface area (TPSA) is 116 Å². The van der Waals surface area contributed by atoms with E-state index < -0.39 is 5.97 Å². The van der Waals surface area contributed by atoms with Gasteiger partial charge in [-0.05, 0) is 49.2 Å². The molecule has 1 aliphatic heterocycles. The molecule has 194 valence electrons. The summed E-state index contributed by atoms with van der Waals surface area (Å²) < 4.78 is 7.33. The summed E-state index contributed by atoms with van der Waals surface area (Å²) >= 11 is 0. The Morgan fingerprint density at radius 2 is 2.00 bits per heavy atom. The summed E-state index contributed by atoms with van der Waals surface area (Å²) in [7, 11) is 0. The molecule has 1 saturated heterocycles. The van der Waals surface area contributed by atoms with Gasteiger partial charge in [-0.3, -0.25) is 9.58 Å². The Labute approximate surface area is 221 Å². The van der Waals surface area contributed by atoms with Gasteiger partial charge in [0.05, 0.1) is 37.0 Å². The molecule has 0 saturated carbocycles. The van der Waals surface area contributed by atoms with Crippen molar-refractivity contribution in [2.75, 3.05) is 38.2 Å². The molecule has 0 aliphatic carbocycles. The average molecular weight is 511 g/mol. The van der Waals surface area contributed by atoms with E-state index >= 15 is 0 Å². The minimum atomic E-state index is -0.984. The van der Waals surface area contributed by atoms with E-state index in [9.17, 15) is 15.2 Å². The van der Waals surface area contributed by atoms with Gasteiger partial charge >= 0.3 is 5.97 Å². The molecule has 0 bridgehead atoms. The van der Waals surface area contributed by atoms with Gasteiger partial charge in [0.1, 0.15) is 11.8 Å². The zero-order valence-electron chi connectivity index (χ0n) is 21.5. The van der Waals surface area contributed by atoms with Crippen LogP contribution in [0.1, 0.15) is 40.1 Å². The van der Waals surface area contributed by atoms with Crippen LogP contribution in [0.5, 0.6) is 0 Å². The van der Waals surface area contributed by atoms with Gasteiger partial charge in [-0.15, -0.1) is 0 Å². The van der Waals surface area contributed by atoms with Crippen molar-refractivity contribution in [3.8, 4) is 17.2 Å². The maximum Gasteiger partial charge on any atom is 0.337 e. The van der Waals surface area contributed by atoms with E-state index in [-0.39, 0.29) is 11.6 Å². The van der Waals surface area contributed by atoms with Gasteiger partial charge in [0.15, 0.2) is 0 Å². The van der Waals surface area contributed by atoms with Crippen LogP contribution in [0.2, 0.25) is 0 Å². The SMILES string of the molecule is Cc1cc(C(C)Nc2ccccc2C(=O)O)c2cc(-c3cnn(CCN4CCOCC4)c3)c(C#N)nc2c1. The van der Waals surface area contributed by atoms with Crippen LogP contribution in [0.3, 0.4) is 0 Å². The molecule has 1 aliphatic rings. The maximum atomic E-state index is 11.7. The minimum absolute atomic E-state index is 0.211. The number of fused-ring (bicyclic) bond motifs is 1. The number of nitrogens with zero attached hydrogens (tertiary/aromatic N) is 5. The van der Waals surface area contributed by atoms with Gasteiger partial charge in [-0.2, -0.15) is 10.4 Å². The van der Waals surface area contributed by atoms with Crippen LogP contribution in [0.25, 0.3) is 22.0 Å². The zero-order chi connectivity index (χ0) is 26.6. The second-order valence-electron chi connectivity index (χ2n) is 9.58. The Hall–Kier alpha value is -4.26. The number of para-hydroxylation sites is 1. The van der Waals surface area contributed by atoms with Crippen LogP contribution in [-0.2, 0) is 11.3 Å². The highest BCUT2D eigenvalue weighted by Gasteiger charge is 2.18. The highest BCUT2D eigenvalue weighted by Crippen LogP contribution is 2.33. The molecule has 9 nitrogen and oxygen atoms in total. The molecular formula is C29H30N6O3. The number of nitriles is 1. The van der Waals surface area contributed by atoms with Crippen molar-refractivity contribution >= 4 is 22.6 Å². The van der Waals surface area contributed by atoms with E-state index in [0.29, 0.717) is 11.4 Å². The Morgan fingerprint density at radius 3 is 2.76 bits per heavy atom. The highest BCUT2D eigenvalue weighted by atomic mass is 16.5. The lowest BCUT2D eigenvalue weighted by Crippen LogP contribution is -2.38. The molecule has 0 amide bonds. The third-order valence-corrected chi connectivity index (χ3v) is 6.91. The monoisotopic (exact) mass is 510 g/mol. The van der Waals surface area contributed by atoms with Crippen LogP contribution >= 0.6 is 0 Å². The van der Waals surface area contributed by atoms with Gasteiger partial charge in [0.25, 0.3) is 0 Å². The van der Waals surface area contributed by atoms with E-state index in [1.165, 1.54) is 0 Å². The van der Waals surface area contributed by atoms with Crippen molar-refractivity contribution in [3.05, 3.63) is 77.2 Å². The number of benzene rings is 2. The van der Waals surface area contributed by atoms with E-state index in [2.05, 4.69) is 27.5 Å². The molecule has 1 unspecified atom stereocenters. The van der Waals surface area contributed by atoms with Crippen molar-refractivity contribution in [2.45, 2.75) is 26.4 Å². The molecule has 2 aromatic heterocycles. The zero-order valence-corrected chi connectivity index (χ0v) is 21.5. The van der Waals surface area contributed by atoms with Crippen LogP contribution in [0.15, 0.2) is 54.9 Å². The van der Waals surface area contributed by atoms with E-state index in [1.54, 1.807) is 24.4 Å². The number of pyridine rings is 1. The number of nitrogens with one attached hydrogen (secondary N) is 1. The fourth-order valence-corrected chi connectivity index (χ4v) is 4.91. The first-order valence-corrected chi connectivity index (χ1v) is 12.7. The number of hydrogen-bond donors (Lipinski definition) is 2. The van der Waals surface area contributed by atoms with E-state index in [1.807, 2.05) is 42.9 Å². The first-order valence-electron chi connectivity index (χ1n) is 12.7. The Kier molecular flexibility index (Phi) is 7.36. The lowest BCUT2D eigenvalue weighted by atomic mass is 9.96. The van der Waals surface area contributed by atoms with Gasteiger partial charge in [-0.1, -0.05) is 18.2 Å². The predicted molar refractivity (Wildman–Crippen MR) is 145 cm³/mol. The number of aryl methyl sites for hydroxylation is 1. The second kappa shape index (κ2) is 11.0. The standard InChI is InChI=1S/C29H30N6O3/c1-19-13-23(20(2)32-26-6-4-3-5-22(26)29(36)37)25-15-24(28(16-30)33-27(25)14-19)21-17-31-35(18-21)8-7-34-9-11-38-12-10-34/h3-6,13-15,17-18,20,32H,7-12H2,1-2H3,(H,36,37). The summed E-state index contributed by atoms with van der Waals surface area (Å²) in [6, 6.07) is 15.0. The number of carboxylic acids is 1. The third-order valence-electron chi connectivity index (χ3n) is 6.91. The van der Waals surface area contributed by atoms with Crippen molar-refractivity contribution in [1.29, 1.82) is 5.26 Å². The summed E-state index contributed by atoms with van der Waals surface area (Å²) in [5.74, 6) is -0.984. The van der Waals surface area contributed by atoms with Crippen molar-refractivity contribution in [1.82, 2.24) is 19.7 Å². The lowest BCUT2D eigenvalue weighted by molar-refractivity contribution is 0.0360. The molecule has 1 fully saturated rings. The number of rotatable bonds is 8. The van der Waals surface area contributed by atoms with Crippen LogP contribution < -0.4 is 5.32 Å². The van der Waals surface area contributed by atoms with Gasteiger partial charge in [0, 0.05) is 54.1 Å². The lowest BCUT2D eigenvalue weighted by Gasteiger charge is -2.26. The molecule has 38 heavy (non-hydrogen) atoms. The fraction of sp³-hybridized carbons (Fsp3) is 0.310. The smallest absolute Gasteiger partial charge is 0.337 e. The summed E-state index contributed by atoms with van der Waals surface area (Å²) in [6.45, 7) is 8.98. The number of carbonyl (C=O) groups is 1. The molecule has 2 aromatic carbocycles. The van der Waals surface area contributed by atoms with Crippen LogP contribution in [-0.4, -0.2) is 63.6 Å². The fourth-order valence-electron chi connectivity index (χ4n) is 4.91. The van der Waals surface area contributed by atoms with Crippen molar-refractivity contribution < 1.29 is 14.6 Å². The molecular weight excluding hydrogens is 480 g/mol. The van der Waals surface area contributed by atoms with Crippen molar-refractivity contribution in [2.24, 2.45) is 0 Å². The van der Waals surface area contributed by atoms with Gasteiger partial charge < -0.3 is 15.2 Å². The quantitative estimate of drug-likeness (QED) is 0.356. The first-order chi connectivity index (χ1) is 18.4. The number of carboxylic acid groups (broad SMARTS) is 1. The summed E-state index contributed by atoms with van der Waals surface area (Å²) in [5, 5.41) is 28.3. The number of ether oxygens (including phenoxy) is 1. The summed E-state index contributed by atoms with van der Waals surface area (Å²) in [6.07, 6.45) is 3.74. The number of morpholine rings is 1. The molecule has 0 spiro atoms. The largest absolute Gasteiger partial charge is 0.478 e. The maximum absolute atomic E-state index is 11.7. The number of hydrogen-bond acceptors (Lipinski definition) is 7. The van der Waals surface area contributed by atoms with Crippen molar-refractivity contribution in [3.63, 3.8) is 0 Å². The molecule has 5 rings (SSSR count). The van der Waals surface area contributed by atoms with E-state index in [0.717, 1.165) is 72.5 Å². The van der Waals surface area contributed by atoms with Gasteiger partial charge in [0.2, 0.25) is 0 Å². The Morgan fingerprint density at radius 1 is 1.21 bits per heavy atom. The summed E-state index contributed by atoms with van der Waals surface area (Å²) in [4.78, 5) is 18.8. The summed E-state index contributed by atoms with van der Waals surface area (Å²) in [5.41, 5.74) is 5.36. The minimum Gasteiger partial charge on any atom is -0.478 e. The Bertz CT molecular complexity index is 1520. The molecule has 4 aromatic rings.